The molecule has 0 saturated heterocycles. The molecule has 0 heterocycles. The quantitative estimate of drug-likeness (QED) is 0.833. The van der Waals surface area contributed by atoms with E-state index in [0.29, 0.717) is 0 Å². The molecular formula is C15H19BrFN. The number of halogens is 2. The molecule has 2 aliphatic carbocycles. The molecule has 0 aliphatic heterocycles. The van der Waals surface area contributed by atoms with Crippen LogP contribution >= 0.6 is 15.9 Å². The molecule has 3 rings (SSSR count). The van der Waals surface area contributed by atoms with Crippen molar-refractivity contribution in [2.45, 2.75) is 32.2 Å². The van der Waals surface area contributed by atoms with E-state index < -0.39 is 0 Å². The predicted octanol–water partition coefficient (Wildman–Crippen LogP) is 4.11. The molecule has 2 saturated carbocycles. The van der Waals surface area contributed by atoms with Crippen molar-refractivity contribution < 1.29 is 4.39 Å². The number of hydrogen-bond donors (Lipinski definition) is 1. The zero-order valence-electron chi connectivity index (χ0n) is 10.5. The topological polar surface area (TPSA) is 12.0 Å². The highest BCUT2D eigenvalue weighted by molar-refractivity contribution is 9.10. The van der Waals surface area contributed by atoms with Crippen molar-refractivity contribution >= 4 is 15.9 Å². The van der Waals surface area contributed by atoms with Gasteiger partial charge in [-0.3, -0.25) is 0 Å². The lowest BCUT2D eigenvalue weighted by atomic mass is 9.98. The second-order valence-corrected chi connectivity index (χ2v) is 6.66. The van der Waals surface area contributed by atoms with Crippen molar-refractivity contribution in [1.29, 1.82) is 0 Å². The number of rotatable bonds is 6. The van der Waals surface area contributed by atoms with Gasteiger partial charge >= 0.3 is 0 Å². The van der Waals surface area contributed by atoms with E-state index in [1.54, 1.807) is 6.07 Å². The second-order valence-electron chi connectivity index (χ2n) is 5.75. The molecule has 0 atom stereocenters. The SMILES string of the molecule is Fc1cc(Br)cc(CNCC(C2CC2)C2CC2)c1. The highest BCUT2D eigenvalue weighted by atomic mass is 79.9. The van der Waals surface area contributed by atoms with Crippen LogP contribution in [-0.4, -0.2) is 6.54 Å². The summed E-state index contributed by atoms with van der Waals surface area (Å²) in [5.41, 5.74) is 1.02. The zero-order chi connectivity index (χ0) is 12.5. The first kappa shape index (κ1) is 12.6. The summed E-state index contributed by atoms with van der Waals surface area (Å²) < 4.78 is 14.1. The minimum atomic E-state index is -0.165. The maximum absolute atomic E-state index is 13.2. The molecule has 1 aromatic carbocycles. The standard InChI is InChI=1S/C15H19BrFN/c16-13-5-10(6-14(17)7-13)8-18-9-15(11-1-2-11)12-3-4-12/h5-7,11-12,15,18H,1-4,8-9H2. The molecule has 1 N–H and O–H groups in total. The summed E-state index contributed by atoms with van der Waals surface area (Å²) in [6.45, 7) is 1.87. The van der Waals surface area contributed by atoms with E-state index in [1.807, 2.05) is 6.07 Å². The van der Waals surface area contributed by atoms with Gasteiger partial charge < -0.3 is 5.32 Å². The van der Waals surface area contributed by atoms with Gasteiger partial charge in [0.05, 0.1) is 0 Å². The van der Waals surface area contributed by atoms with Crippen LogP contribution in [0.5, 0.6) is 0 Å². The third-order valence-electron chi connectivity index (χ3n) is 4.09. The van der Waals surface area contributed by atoms with Crippen LogP contribution in [0.2, 0.25) is 0 Å². The minimum Gasteiger partial charge on any atom is -0.312 e. The van der Waals surface area contributed by atoms with Gasteiger partial charge in [-0.2, -0.15) is 0 Å². The molecule has 0 unspecified atom stereocenters. The van der Waals surface area contributed by atoms with Crippen LogP contribution in [-0.2, 0) is 6.54 Å². The fourth-order valence-electron chi connectivity index (χ4n) is 2.86. The van der Waals surface area contributed by atoms with Gasteiger partial charge in [0.25, 0.3) is 0 Å². The maximum atomic E-state index is 13.2. The third-order valence-corrected chi connectivity index (χ3v) is 4.54. The van der Waals surface area contributed by atoms with E-state index >= 15 is 0 Å². The van der Waals surface area contributed by atoms with Crippen molar-refractivity contribution in [3.63, 3.8) is 0 Å². The Morgan fingerprint density at radius 2 is 1.83 bits per heavy atom. The lowest BCUT2D eigenvalue weighted by Gasteiger charge is -2.16. The van der Waals surface area contributed by atoms with Crippen molar-refractivity contribution in [2.24, 2.45) is 17.8 Å². The molecule has 2 fully saturated rings. The van der Waals surface area contributed by atoms with Gasteiger partial charge in [-0.15, -0.1) is 0 Å². The Labute approximate surface area is 116 Å². The fraction of sp³-hybridized carbons (Fsp3) is 0.600. The fourth-order valence-corrected chi connectivity index (χ4v) is 3.38. The first-order valence-corrected chi connectivity index (χ1v) is 7.67. The van der Waals surface area contributed by atoms with Gasteiger partial charge in [0.2, 0.25) is 0 Å². The Balaban J connectivity index is 1.51. The Kier molecular flexibility index (Phi) is 3.71. The Hall–Kier alpha value is -0.410. The summed E-state index contributed by atoms with van der Waals surface area (Å²) in [4.78, 5) is 0. The van der Waals surface area contributed by atoms with Gasteiger partial charge in [0.15, 0.2) is 0 Å². The van der Waals surface area contributed by atoms with Gasteiger partial charge in [-0.1, -0.05) is 15.9 Å². The molecule has 1 nitrogen and oxygen atoms in total. The van der Waals surface area contributed by atoms with Crippen LogP contribution in [0.15, 0.2) is 22.7 Å². The number of hydrogen-bond acceptors (Lipinski definition) is 1. The van der Waals surface area contributed by atoms with E-state index in [4.69, 9.17) is 0 Å². The van der Waals surface area contributed by atoms with Crippen LogP contribution in [0.25, 0.3) is 0 Å². The number of benzene rings is 1. The van der Waals surface area contributed by atoms with Crippen molar-refractivity contribution in [1.82, 2.24) is 5.32 Å². The first-order chi connectivity index (χ1) is 8.72. The summed E-state index contributed by atoms with van der Waals surface area (Å²) in [6.07, 6.45) is 5.70. The number of nitrogens with one attached hydrogen (secondary N) is 1. The van der Waals surface area contributed by atoms with Crippen LogP contribution in [0.1, 0.15) is 31.2 Å². The zero-order valence-corrected chi connectivity index (χ0v) is 12.0. The smallest absolute Gasteiger partial charge is 0.124 e. The highest BCUT2D eigenvalue weighted by Crippen LogP contribution is 2.48. The molecule has 3 heteroatoms. The Morgan fingerprint density at radius 1 is 1.17 bits per heavy atom. The van der Waals surface area contributed by atoms with E-state index in [2.05, 4.69) is 21.2 Å². The molecule has 0 amide bonds. The molecular weight excluding hydrogens is 293 g/mol. The van der Waals surface area contributed by atoms with Crippen LogP contribution < -0.4 is 5.32 Å². The second kappa shape index (κ2) is 5.30. The molecule has 0 bridgehead atoms. The Morgan fingerprint density at radius 3 is 2.39 bits per heavy atom. The molecule has 18 heavy (non-hydrogen) atoms. The van der Waals surface area contributed by atoms with E-state index in [-0.39, 0.29) is 5.82 Å². The van der Waals surface area contributed by atoms with Gasteiger partial charge in [0, 0.05) is 11.0 Å². The van der Waals surface area contributed by atoms with Crippen LogP contribution in [0, 0.1) is 23.6 Å². The Bertz CT molecular complexity index is 394. The average molecular weight is 312 g/mol. The van der Waals surface area contributed by atoms with E-state index in [0.717, 1.165) is 40.9 Å². The summed E-state index contributed by atoms with van der Waals surface area (Å²) in [5, 5.41) is 3.51. The molecule has 0 aromatic heterocycles. The lowest BCUT2D eigenvalue weighted by molar-refractivity contribution is 0.378. The molecule has 98 valence electrons. The lowest BCUT2D eigenvalue weighted by Crippen LogP contribution is -2.25. The van der Waals surface area contributed by atoms with Gasteiger partial charge in [-0.05, 0) is 73.7 Å². The highest BCUT2D eigenvalue weighted by Gasteiger charge is 2.40. The maximum Gasteiger partial charge on any atom is 0.124 e. The molecule has 1 aromatic rings. The predicted molar refractivity (Wildman–Crippen MR) is 74.7 cm³/mol. The summed E-state index contributed by atoms with van der Waals surface area (Å²) in [6, 6.07) is 5.10. The van der Waals surface area contributed by atoms with Crippen LogP contribution in [0.3, 0.4) is 0 Å². The summed E-state index contributed by atoms with van der Waals surface area (Å²) in [7, 11) is 0. The molecule has 0 spiro atoms. The molecule has 0 radical (unpaired) electrons. The summed E-state index contributed by atoms with van der Waals surface area (Å²) >= 11 is 3.33. The monoisotopic (exact) mass is 311 g/mol. The first-order valence-electron chi connectivity index (χ1n) is 6.88. The minimum absolute atomic E-state index is 0.165. The largest absolute Gasteiger partial charge is 0.312 e. The van der Waals surface area contributed by atoms with Crippen LogP contribution in [0.4, 0.5) is 4.39 Å². The van der Waals surface area contributed by atoms with Crippen molar-refractivity contribution in [3.05, 3.63) is 34.1 Å². The molecule has 2 aliphatic rings. The van der Waals surface area contributed by atoms with E-state index in [1.165, 1.54) is 31.7 Å². The third kappa shape index (κ3) is 3.33. The van der Waals surface area contributed by atoms with Crippen molar-refractivity contribution in [2.75, 3.05) is 6.54 Å². The van der Waals surface area contributed by atoms with Gasteiger partial charge in [-0.25, -0.2) is 4.39 Å². The average Bonchev–Trinajstić information content (AvgIpc) is 3.14. The normalized spacial score (nSPS) is 19.5. The van der Waals surface area contributed by atoms with Gasteiger partial charge in [0.1, 0.15) is 5.82 Å². The summed E-state index contributed by atoms with van der Waals surface area (Å²) in [5.74, 6) is 2.66. The van der Waals surface area contributed by atoms with E-state index in [9.17, 15) is 4.39 Å². The van der Waals surface area contributed by atoms with Crippen molar-refractivity contribution in [3.8, 4) is 0 Å².